The summed E-state index contributed by atoms with van der Waals surface area (Å²) in [6, 6.07) is 9.78. The van der Waals surface area contributed by atoms with E-state index in [1.165, 1.54) is 0 Å². The summed E-state index contributed by atoms with van der Waals surface area (Å²) in [6.07, 6.45) is 0.542. The molecule has 0 radical (unpaired) electrons. The number of hydrogen-bond acceptors (Lipinski definition) is 2. The van der Waals surface area contributed by atoms with E-state index in [-0.39, 0.29) is 0 Å². The highest BCUT2D eigenvalue weighted by Crippen LogP contribution is 2.27. The largest absolute Gasteiger partial charge is 0.385 e. The Balaban J connectivity index is 2.29. The van der Waals surface area contributed by atoms with Crippen molar-refractivity contribution in [3.8, 4) is 0 Å². The third-order valence-corrected chi connectivity index (χ3v) is 3.56. The van der Waals surface area contributed by atoms with Crippen molar-refractivity contribution >= 4 is 15.9 Å². The number of benzene rings is 1. The van der Waals surface area contributed by atoms with Crippen LogP contribution >= 0.6 is 15.9 Å². The predicted octanol–water partition coefficient (Wildman–Crippen LogP) is 2.94. The molecule has 0 saturated carbocycles. The second-order valence-corrected chi connectivity index (χ2v) is 5.78. The molecule has 0 aliphatic heterocycles. The van der Waals surface area contributed by atoms with E-state index in [0.29, 0.717) is 6.42 Å². The van der Waals surface area contributed by atoms with E-state index in [9.17, 15) is 5.11 Å². The summed E-state index contributed by atoms with van der Waals surface area (Å²) in [5, 5.41) is 14.9. The zero-order valence-electron chi connectivity index (χ0n) is 10.8. The van der Waals surface area contributed by atoms with Crippen LogP contribution < -0.4 is 0 Å². The van der Waals surface area contributed by atoms with Gasteiger partial charge in [0.2, 0.25) is 0 Å². The summed E-state index contributed by atoms with van der Waals surface area (Å²) in [5.74, 6) is 0. The van der Waals surface area contributed by atoms with Crippen molar-refractivity contribution in [2.45, 2.75) is 25.9 Å². The molecule has 1 unspecified atom stereocenters. The molecule has 96 valence electrons. The molecule has 0 aliphatic rings. The Morgan fingerprint density at radius 2 is 2.11 bits per heavy atom. The molecule has 2 rings (SSSR count). The van der Waals surface area contributed by atoms with Gasteiger partial charge in [0.25, 0.3) is 0 Å². The van der Waals surface area contributed by atoms with Crippen molar-refractivity contribution in [1.29, 1.82) is 0 Å². The first-order chi connectivity index (χ1) is 8.38. The summed E-state index contributed by atoms with van der Waals surface area (Å²) >= 11 is 3.43. The van der Waals surface area contributed by atoms with Gasteiger partial charge in [-0.25, -0.2) is 0 Å². The number of hydrogen-bond donors (Lipinski definition) is 1. The molecule has 1 aromatic heterocycles. The Bertz CT molecular complexity index is 561. The Morgan fingerprint density at radius 3 is 2.67 bits per heavy atom. The maximum Gasteiger partial charge on any atom is 0.0924 e. The molecule has 1 heterocycles. The maximum atomic E-state index is 10.6. The van der Waals surface area contributed by atoms with Crippen molar-refractivity contribution < 1.29 is 5.11 Å². The molecule has 0 saturated heterocycles. The lowest BCUT2D eigenvalue weighted by Gasteiger charge is -2.24. The lowest BCUT2D eigenvalue weighted by atomic mass is 9.91. The molecule has 0 spiro atoms. The molecule has 0 amide bonds. The molecule has 0 bridgehead atoms. The van der Waals surface area contributed by atoms with Crippen molar-refractivity contribution in [1.82, 2.24) is 9.78 Å². The van der Waals surface area contributed by atoms with E-state index in [4.69, 9.17) is 0 Å². The van der Waals surface area contributed by atoms with Gasteiger partial charge in [-0.05, 0) is 37.6 Å². The molecule has 4 heteroatoms. The second-order valence-electron chi connectivity index (χ2n) is 4.86. The average molecular weight is 309 g/mol. The highest BCUT2D eigenvalue weighted by atomic mass is 79.9. The highest BCUT2D eigenvalue weighted by Gasteiger charge is 2.25. The van der Waals surface area contributed by atoms with Crippen LogP contribution in [-0.4, -0.2) is 14.9 Å². The van der Waals surface area contributed by atoms with Gasteiger partial charge in [0, 0.05) is 23.6 Å². The topological polar surface area (TPSA) is 38.0 Å². The molecular formula is C14H17BrN2O. The lowest BCUT2D eigenvalue weighted by molar-refractivity contribution is 0.0555. The van der Waals surface area contributed by atoms with E-state index in [0.717, 1.165) is 21.4 Å². The quantitative estimate of drug-likeness (QED) is 0.946. The Kier molecular flexibility index (Phi) is 3.59. The molecule has 1 aromatic carbocycles. The molecular weight excluding hydrogens is 292 g/mol. The highest BCUT2D eigenvalue weighted by molar-refractivity contribution is 9.10. The first-order valence-corrected chi connectivity index (χ1v) is 6.66. The van der Waals surface area contributed by atoms with Gasteiger partial charge in [0.05, 0.1) is 11.3 Å². The lowest BCUT2D eigenvalue weighted by Crippen LogP contribution is -2.25. The molecule has 2 aromatic rings. The predicted molar refractivity (Wildman–Crippen MR) is 75.4 cm³/mol. The Labute approximate surface area is 116 Å². The Hall–Kier alpha value is -1.13. The van der Waals surface area contributed by atoms with Gasteiger partial charge in [-0.15, -0.1) is 0 Å². The number of rotatable bonds is 3. The monoisotopic (exact) mass is 308 g/mol. The van der Waals surface area contributed by atoms with Crippen LogP contribution in [0.2, 0.25) is 0 Å². The fourth-order valence-electron chi connectivity index (χ4n) is 2.11. The van der Waals surface area contributed by atoms with Crippen LogP contribution in [0.3, 0.4) is 0 Å². The van der Waals surface area contributed by atoms with Crippen molar-refractivity contribution in [2.24, 2.45) is 7.05 Å². The van der Waals surface area contributed by atoms with Crippen molar-refractivity contribution in [3.63, 3.8) is 0 Å². The minimum Gasteiger partial charge on any atom is -0.385 e. The molecule has 1 atom stereocenters. The van der Waals surface area contributed by atoms with Crippen LogP contribution in [0.15, 0.2) is 34.8 Å². The molecule has 0 fully saturated rings. The van der Waals surface area contributed by atoms with Crippen LogP contribution in [-0.2, 0) is 19.1 Å². The number of halogens is 1. The fraction of sp³-hybridized carbons (Fsp3) is 0.357. The molecule has 18 heavy (non-hydrogen) atoms. The van der Waals surface area contributed by atoms with Gasteiger partial charge in [0.1, 0.15) is 0 Å². The zero-order chi connectivity index (χ0) is 13.3. The van der Waals surface area contributed by atoms with Gasteiger partial charge in [-0.3, -0.25) is 4.68 Å². The fourth-order valence-corrected chi connectivity index (χ4v) is 2.51. The number of aryl methyl sites for hydroxylation is 2. The van der Waals surface area contributed by atoms with Gasteiger partial charge in [0.15, 0.2) is 0 Å². The SMILES string of the molecule is Cc1cc(CC(C)(O)c2cccc(Br)c2)n(C)n1. The van der Waals surface area contributed by atoms with Gasteiger partial charge < -0.3 is 5.11 Å². The summed E-state index contributed by atoms with van der Waals surface area (Å²) < 4.78 is 2.79. The van der Waals surface area contributed by atoms with Crippen LogP contribution in [0, 0.1) is 6.92 Å². The van der Waals surface area contributed by atoms with E-state index in [2.05, 4.69) is 21.0 Å². The third-order valence-electron chi connectivity index (χ3n) is 3.07. The van der Waals surface area contributed by atoms with Gasteiger partial charge in [-0.2, -0.15) is 5.10 Å². The standard InChI is InChI=1S/C14H17BrN2O/c1-10-7-13(17(3)16-10)9-14(2,18)11-5-4-6-12(15)8-11/h4-8,18H,9H2,1-3H3. The first-order valence-electron chi connectivity index (χ1n) is 5.86. The van der Waals surface area contributed by atoms with Crippen LogP contribution in [0.1, 0.15) is 23.9 Å². The van der Waals surface area contributed by atoms with Crippen molar-refractivity contribution in [2.75, 3.05) is 0 Å². The van der Waals surface area contributed by atoms with E-state index in [1.54, 1.807) is 0 Å². The van der Waals surface area contributed by atoms with Gasteiger partial charge >= 0.3 is 0 Å². The second kappa shape index (κ2) is 4.86. The van der Waals surface area contributed by atoms with Gasteiger partial charge in [-0.1, -0.05) is 28.1 Å². The van der Waals surface area contributed by atoms with E-state index >= 15 is 0 Å². The number of aromatic nitrogens is 2. The Morgan fingerprint density at radius 1 is 1.39 bits per heavy atom. The minimum atomic E-state index is -0.899. The minimum absolute atomic E-state index is 0.542. The normalized spacial score (nSPS) is 14.5. The van der Waals surface area contributed by atoms with E-state index < -0.39 is 5.60 Å². The van der Waals surface area contributed by atoms with Crippen LogP contribution in [0.4, 0.5) is 0 Å². The number of aliphatic hydroxyl groups is 1. The maximum absolute atomic E-state index is 10.6. The van der Waals surface area contributed by atoms with E-state index in [1.807, 2.05) is 55.9 Å². The summed E-state index contributed by atoms with van der Waals surface area (Å²) in [6.45, 7) is 3.79. The summed E-state index contributed by atoms with van der Waals surface area (Å²) in [5.41, 5.74) is 2.00. The van der Waals surface area contributed by atoms with Crippen molar-refractivity contribution in [3.05, 3.63) is 51.8 Å². The third kappa shape index (κ3) is 2.82. The molecule has 3 nitrogen and oxygen atoms in total. The summed E-state index contributed by atoms with van der Waals surface area (Å²) in [4.78, 5) is 0. The van der Waals surface area contributed by atoms with Crippen LogP contribution in [0.25, 0.3) is 0 Å². The average Bonchev–Trinajstić information content (AvgIpc) is 2.56. The first kappa shape index (κ1) is 13.3. The zero-order valence-corrected chi connectivity index (χ0v) is 12.4. The smallest absolute Gasteiger partial charge is 0.0924 e. The number of nitrogens with zero attached hydrogens (tertiary/aromatic N) is 2. The van der Waals surface area contributed by atoms with Crippen LogP contribution in [0.5, 0.6) is 0 Å². The molecule has 1 N–H and O–H groups in total. The molecule has 0 aliphatic carbocycles. The summed E-state index contributed by atoms with van der Waals surface area (Å²) in [7, 11) is 1.90.